The highest BCUT2D eigenvalue weighted by atomic mass is 32.2. The van der Waals surface area contributed by atoms with Gasteiger partial charge >= 0.3 is 6.18 Å². The molecule has 0 saturated carbocycles. The summed E-state index contributed by atoms with van der Waals surface area (Å²) in [7, 11) is -3.57. The fraction of sp³-hybridized carbons (Fsp3) is 0.462. The van der Waals surface area contributed by atoms with Crippen LogP contribution < -0.4 is 5.32 Å². The van der Waals surface area contributed by atoms with Gasteiger partial charge in [-0.2, -0.15) is 13.2 Å². The fourth-order valence-corrected chi connectivity index (χ4v) is 3.06. The minimum Gasteiger partial charge on any atom is -0.351 e. The van der Waals surface area contributed by atoms with E-state index in [9.17, 15) is 30.8 Å². The number of nitrogens with one attached hydrogen (secondary N) is 1. The summed E-state index contributed by atoms with van der Waals surface area (Å²) in [5.74, 6) is -2.91. The van der Waals surface area contributed by atoms with E-state index in [1.807, 2.05) is 0 Å². The van der Waals surface area contributed by atoms with E-state index >= 15 is 0 Å². The van der Waals surface area contributed by atoms with Crippen LogP contribution >= 0.6 is 0 Å². The number of hydrogen-bond acceptors (Lipinski definition) is 3. The lowest BCUT2D eigenvalue weighted by molar-refractivity contribution is -0.138. The Hall–Kier alpha value is -1.64. The third-order valence-electron chi connectivity index (χ3n) is 2.72. The first-order chi connectivity index (χ1) is 10.0. The van der Waals surface area contributed by atoms with Crippen molar-refractivity contribution in [3.05, 3.63) is 35.1 Å². The summed E-state index contributed by atoms with van der Waals surface area (Å²) < 4.78 is 74.0. The van der Waals surface area contributed by atoms with Crippen LogP contribution in [0.15, 0.2) is 18.2 Å². The van der Waals surface area contributed by atoms with Crippen LogP contribution in [0.1, 0.15) is 24.5 Å². The molecule has 1 amide bonds. The predicted molar refractivity (Wildman–Crippen MR) is 72.2 cm³/mol. The van der Waals surface area contributed by atoms with E-state index in [4.69, 9.17) is 0 Å². The van der Waals surface area contributed by atoms with Gasteiger partial charge in [0.15, 0.2) is 9.84 Å². The predicted octanol–water partition coefficient (Wildman–Crippen LogP) is 2.29. The van der Waals surface area contributed by atoms with E-state index in [-0.39, 0.29) is 11.3 Å². The number of sulfone groups is 1. The van der Waals surface area contributed by atoms with Crippen LogP contribution in [0.3, 0.4) is 0 Å². The molecule has 0 aliphatic carbocycles. The standard InChI is InChI=1S/C13H15F4NO3S/c1-2-5-22(20,21)8-12(19)18-7-9-3-4-10(14)6-11(9)13(15,16)17/h3-4,6H,2,5,7-8H2,1H3,(H,18,19). The van der Waals surface area contributed by atoms with Gasteiger partial charge in [-0.25, -0.2) is 12.8 Å². The first kappa shape index (κ1) is 18.4. The summed E-state index contributed by atoms with van der Waals surface area (Å²) in [6.45, 7) is 1.10. The highest BCUT2D eigenvalue weighted by Gasteiger charge is 2.33. The molecule has 1 N–H and O–H groups in total. The molecular formula is C13H15F4NO3S. The average Bonchev–Trinajstić information content (AvgIpc) is 2.35. The van der Waals surface area contributed by atoms with Gasteiger partial charge in [-0.1, -0.05) is 13.0 Å². The second-order valence-electron chi connectivity index (χ2n) is 4.67. The second-order valence-corrected chi connectivity index (χ2v) is 6.85. The molecule has 1 rings (SSSR count). The van der Waals surface area contributed by atoms with Crippen molar-refractivity contribution in [3.63, 3.8) is 0 Å². The Morgan fingerprint density at radius 1 is 1.27 bits per heavy atom. The van der Waals surface area contributed by atoms with Crippen LogP contribution in [0, 0.1) is 5.82 Å². The molecule has 22 heavy (non-hydrogen) atoms. The van der Waals surface area contributed by atoms with Gasteiger partial charge in [0.05, 0.1) is 11.3 Å². The van der Waals surface area contributed by atoms with Crippen molar-refractivity contribution < 1.29 is 30.8 Å². The lowest BCUT2D eigenvalue weighted by Gasteiger charge is -2.13. The van der Waals surface area contributed by atoms with Gasteiger partial charge in [0, 0.05) is 6.54 Å². The van der Waals surface area contributed by atoms with Crippen molar-refractivity contribution in [1.29, 1.82) is 0 Å². The quantitative estimate of drug-likeness (QED) is 0.808. The minimum atomic E-state index is -4.77. The van der Waals surface area contributed by atoms with Crippen LogP contribution in [0.4, 0.5) is 17.6 Å². The van der Waals surface area contributed by atoms with E-state index in [1.165, 1.54) is 0 Å². The van der Waals surface area contributed by atoms with Gasteiger partial charge in [0.25, 0.3) is 0 Å². The van der Waals surface area contributed by atoms with E-state index in [2.05, 4.69) is 5.32 Å². The van der Waals surface area contributed by atoms with Crippen LogP contribution in [0.5, 0.6) is 0 Å². The largest absolute Gasteiger partial charge is 0.416 e. The first-order valence-corrected chi connectivity index (χ1v) is 8.20. The summed E-state index contributed by atoms with van der Waals surface area (Å²) in [5, 5.41) is 2.10. The molecule has 0 unspecified atom stereocenters. The normalized spacial score (nSPS) is 12.2. The molecule has 0 atom stereocenters. The molecule has 0 heterocycles. The van der Waals surface area contributed by atoms with Crippen molar-refractivity contribution in [2.45, 2.75) is 26.1 Å². The zero-order chi connectivity index (χ0) is 17.0. The number of carbonyl (C=O) groups is 1. The lowest BCUT2D eigenvalue weighted by atomic mass is 10.1. The van der Waals surface area contributed by atoms with Crippen molar-refractivity contribution in [2.24, 2.45) is 0 Å². The highest BCUT2D eigenvalue weighted by Crippen LogP contribution is 2.32. The smallest absolute Gasteiger partial charge is 0.351 e. The number of rotatable bonds is 6. The van der Waals surface area contributed by atoms with Crippen LogP contribution in [0.2, 0.25) is 0 Å². The molecule has 0 aromatic heterocycles. The van der Waals surface area contributed by atoms with E-state index in [0.29, 0.717) is 12.5 Å². The number of hydrogen-bond donors (Lipinski definition) is 1. The maximum Gasteiger partial charge on any atom is 0.416 e. The molecule has 0 saturated heterocycles. The minimum absolute atomic E-state index is 0.176. The molecule has 1 aromatic carbocycles. The third kappa shape index (κ3) is 5.63. The number of benzene rings is 1. The lowest BCUT2D eigenvalue weighted by Crippen LogP contribution is -2.31. The molecule has 0 bridgehead atoms. The molecule has 9 heteroatoms. The van der Waals surface area contributed by atoms with Crippen LogP contribution in [-0.4, -0.2) is 25.8 Å². The van der Waals surface area contributed by atoms with Crippen molar-refractivity contribution >= 4 is 15.7 Å². The molecule has 0 radical (unpaired) electrons. The fourth-order valence-electron chi connectivity index (χ4n) is 1.79. The zero-order valence-corrected chi connectivity index (χ0v) is 12.5. The van der Waals surface area contributed by atoms with E-state index in [0.717, 1.165) is 12.1 Å². The third-order valence-corrected chi connectivity index (χ3v) is 4.45. The zero-order valence-electron chi connectivity index (χ0n) is 11.7. The topological polar surface area (TPSA) is 63.2 Å². The van der Waals surface area contributed by atoms with Crippen LogP contribution in [0.25, 0.3) is 0 Å². The molecule has 124 valence electrons. The Balaban J connectivity index is 2.79. The molecule has 0 aliphatic heterocycles. The summed E-state index contributed by atoms with van der Waals surface area (Å²) in [5.41, 5.74) is -1.54. The molecule has 4 nitrogen and oxygen atoms in total. The Bertz CT molecular complexity index is 641. The summed E-state index contributed by atoms with van der Waals surface area (Å²) in [6, 6.07) is 2.07. The molecule has 0 fully saturated rings. The number of amides is 1. The van der Waals surface area contributed by atoms with Gasteiger partial charge in [-0.15, -0.1) is 0 Å². The maximum absolute atomic E-state index is 12.9. The van der Waals surface area contributed by atoms with Gasteiger partial charge in [0.1, 0.15) is 11.6 Å². The monoisotopic (exact) mass is 341 g/mol. The van der Waals surface area contributed by atoms with Gasteiger partial charge in [-0.05, 0) is 24.1 Å². The number of alkyl halides is 3. The van der Waals surface area contributed by atoms with Crippen molar-refractivity contribution in [3.8, 4) is 0 Å². The Morgan fingerprint density at radius 2 is 1.91 bits per heavy atom. The summed E-state index contributed by atoms with van der Waals surface area (Å²) >= 11 is 0. The first-order valence-electron chi connectivity index (χ1n) is 6.38. The SMILES string of the molecule is CCCS(=O)(=O)CC(=O)NCc1ccc(F)cc1C(F)(F)F. The number of halogens is 4. The molecule has 0 spiro atoms. The summed E-state index contributed by atoms with van der Waals surface area (Å²) in [6.07, 6.45) is -4.43. The summed E-state index contributed by atoms with van der Waals surface area (Å²) in [4.78, 5) is 11.5. The van der Waals surface area contributed by atoms with Crippen molar-refractivity contribution in [1.82, 2.24) is 5.32 Å². The number of carbonyl (C=O) groups excluding carboxylic acids is 1. The van der Waals surface area contributed by atoms with Crippen molar-refractivity contribution in [2.75, 3.05) is 11.5 Å². The van der Waals surface area contributed by atoms with Gasteiger partial charge in [0.2, 0.25) is 5.91 Å². The molecule has 1 aromatic rings. The van der Waals surface area contributed by atoms with E-state index in [1.54, 1.807) is 6.92 Å². The molecule has 0 aliphatic rings. The Labute approximate surface area is 125 Å². The average molecular weight is 341 g/mol. The van der Waals surface area contributed by atoms with E-state index < -0.39 is 45.6 Å². The van der Waals surface area contributed by atoms with Crippen LogP contribution in [-0.2, 0) is 27.4 Å². The van der Waals surface area contributed by atoms with Gasteiger partial charge < -0.3 is 5.32 Å². The Kier molecular flexibility index (Phi) is 5.92. The second kappa shape index (κ2) is 7.08. The Morgan fingerprint density at radius 3 is 2.45 bits per heavy atom. The molecular weight excluding hydrogens is 326 g/mol. The van der Waals surface area contributed by atoms with Gasteiger partial charge in [-0.3, -0.25) is 4.79 Å². The maximum atomic E-state index is 12.9. The highest BCUT2D eigenvalue weighted by molar-refractivity contribution is 7.92.